The second-order valence-corrected chi connectivity index (χ2v) is 15.5. The Labute approximate surface area is 162 Å². The monoisotopic (exact) mass is 493 g/mol. The Kier molecular flexibility index (Phi) is 9.95. The predicted molar refractivity (Wildman–Crippen MR) is 99.7 cm³/mol. The van der Waals surface area contributed by atoms with Crippen molar-refractivity contribution in [1.82, 2.24) is 4.90 Å². The molecule has 0 saturated heterocycles. The van der Waals surface area contributed by atoms with E-state index in [0.717, 1.165) is 4.90 Å². The quantitative estimate of drug-likeness (QED) is 0.117. The highest BCUT2D eigenvalue weighted by molar-refractivity contribution is 7.71. The molecule has 0 atom stereocenters. The molecule has 0 radical (unpaired) electrons. The average molecular weight is 493 g/mol. The highest BCUT2D eigenvalue weighted by atomic mass is 31.2. The number of rotatable bonds is 12. The zero-order valence-electron chi connectivity index (χ0n) is 15.6. The average Bonchev–Trinajstić information content (AvgIpc) is 2.33. The van der Waals surface area contributed by atoms with Gasteiger partial charge in [0, 0.05) is 26.1 Å². The molecule has 0 aromatic carbocycles. The molecule has 0 bridgehead atoms. The van der Waals surface area contributed by atoms with E-state index in [0.29, 0.717) is 11.0 Å². The first kappa shape index (κ1) is 28.5. The van der Waals surface area contributed by atoms with E-state index in [1.165, 1.54) is 0 Å². The normalized spacial score (nSPS) is 15.1. The third-order valence-corrected chi connectivity index (χ3v) is 11.1. The molecule has 0 heterocycles. The summed E-state index contributed by atoms with van der Waals surface area (Å²) in [5, 5.41) is -5.00. The van der Waals surface area contributed by atoms with Gasteiger partial charge in [-0.2, -0.15) is 0 Å². The molecule has 18 heteroatoms. The van der Waals surface area contributed by atoms with Gasteiger partial charge in [0.1, 0.15) is 0 Å². The Bertz CT molecular complexity index is 606. The fourth-order valence-corrected chi connectivity index (χ4v) is 7.21. The summed E-state index contributed by atoms with van der Waals surface area (Å²) in [7, 11) is -15.9. The molecule has 0 aliphatic rings. The fraction of sp³-hybridized carbons (Fsp3) is 1.00. The summed E-state index contributed by atoms with van der Waals surface area (Å²) in [6.07, 6.45) is 0.258. The molecule has 0 rings (SSSR count). The minimum Gasteiger partial charge on any atom is -0.331 e. The highest BCUT2D eigenvalue weighted by Crippen LogP contribution is 2.62. The molecule has 0 spiro atoms. The van der Waals surface area contributed by atoms with Crippen molar-refractivity contribution >= 4 is 30.4 Å². The maximum atomic E-state index is 11.5. The van der Waals surface area contributed by atoms with Crippen LogP contribution < -0.4 is 0 Å². The summed E-state index contributed by atoms with van der Waals surface area (Å²) < 4.78 is 46.4. The van der Waals surface area contributed by atoms with Crippen LogP contribution in [0.4, 0.5) is 0 Å². The van der Waals surface area contributed by atoms with Crippen LogP contribution in [-0.4, -0.2) is 107 Å². The third-order valence-electron chi connectivity index (χ3n) is 3.70. The summed E-state index contributed by atoms with van der Waals surface area (Å²) in [4.78, 5) is 74.9. The Morgan fingerprint density at radius 3 is 1.18 bits per heavy atom. The first-order chi connectivity index (χ1) is 12.0. The van der Waals surface area contributed by atoms with E-state index in [4.69, 9.17) is 0 Å². The van der Waals surface area contributed by atoms with Crippen LogP contribution in [0.5, 0.6) is 0 Å². The van der Waals surface area contributed by atoms with Crippen molar-refractivity contribution < 1.29 is 61.9 Å². The zero-order chi connectivity index (χ0) is 22.8. The van der Waals surface area contributed by atoms with Crippen LogP contribution in [-0.2, 0) is 18.3 Å². The number of hydrogen-bond acceptors (Lipinski definition) is 5. The standard InChI is InChI=1S/C10H28N2O12P4/c1-12(2,3)6-4-5-11(7-9(25(13,14)15)26(16,17)18)8-10(27(19,20)21)28(22,23)24/h9-10H,4-8H2,1-3H3,(H7-,13,14,15,16,17,18,19,20,21,22,23,24)/p+1. The van der Waals surface area contributed by atoms with Gasteiger partial charge in [0.15, 0.2) is 10.8 Å². The number of hydrogen-bond donors (Lipinski definition) is 8. The van der Waals surface area contributed by atoms with Crippen LogP contribution >= 0.6 is 30.4 Å². The Morgan fingerprint density at radius 2 is 0.964 bits per heavy atom. The second kappa shape index (κ2) is 9.77. The van der Waals surface area contributed by atoms with Crippen LogP contribution in [0.3, 0.4) is 0 Å². The lowest BCUT2D eigenvalue weighted by atomic mass is 10.3. The lowest BCUT2D eigenvalue weighted by molar-refractivity contribution is -0.870. The summed E-state index contributed by atoms with van der Waals surface area (Å²) in [6.45, 7) is -1.73. The topological polar surface area (TPSA) is 233 Å². The van der Waals surface area contributed by atoms with Crippen LogP contribution in [0.2, 0.25) is 0 Å². The minimum atomic E-state index is -5.34. The van der Waals surface area contributed by atoms with Gasteiger partial charge in [-0.15, -0.1) is 0 Å². The highest BCUT2D eigenvalue weighted by Gasteiger charge is 2.48. The third kappa shape index (κ3) is 11.1. The van der Waals surface area contributed by atoms with E-state index in [9.17, 15) is 57.4 Å². The van der Waals surface area contributed by atoms with Gasteiger partial charge in [-0.1, -0.05) is 0 Å². The smallest absolute Gasteiger partial charge is 0.331 e. The number of nitrogens with zero attached hydrogens (tertiary/aromatic N) is 2. The van der Waals surface area contributed by atoms with Gasteiger partial charge in [-0.3, -0.25) is 23.2 Å². The van der Waals surface area contributed by atoms with Gasteiger partial charge in [0.05, 0.1) is 27.7 Å². The van der Waals surface area contributed by atoms with Gasteiger partial charge >= 0.3 is 30.4 Å². The van der Waals surface area contributed by atoms with Crippen molar-refractivity contribution in [2.75, 3.05) is 47.3 Å². The molecular formula is C10H29N2O12P4+. The second-order valence-electron chi connectivity index (χ2n) is 7.44. The molecule has 0 aromatic rings. The molecule has 0 aliphatic heterocycles. The van der Waals surface area contributed by atoms with Crippen molar-refractivity contribution in [3.05, 3.63) is 0 Å². The molecule has 0 saturated carbocycles. The number of quaternary nitrogens is 1. The van der Waals surface area contributed by atoms with E-state index >= 15 is 0 Å². The van der Waals surface area contributed by atoms with Crippen LogP contribution in [0.25, 0.3) is 0 Å². The van der Waals surface area contributed by atoms with Crippen molar-refractivity contribution in [1.29, 1.82) is 0 Å². The van der Waals surface area contributed by atoms with E-state index in [1.807, 2.05) is 21.1 Å². The molecule has 0 fully saturated rings. The summed E-state index contributed by atoms with van der Waals surface area (Å²) in [6, 6.07) is 0. The Morgan fingerprint density at radius 1 is 0.679 bits per heavy atom. The van der Waals surface area contributed by atoms with Crippen molar-refractivity contribution in [2.45, 2.75) is 17.2 Å². The molecule has 0 aromatic heterocycles. The minimum absolute atomic E-state index is 0.164. The largest absolute Gasteiger partial charge is 0.342 e. The lowest BCUT2D eigenvalue weighted by Gasteiger charge is -2.32. The molecule has 28 heavy (non-hydrogen) atoms. The predicted octanol–water partition coefficient (Wildman–Crippen LogP) is -1.25. The molecular weight excluding hydrogens is 464 g/mol. The Hall–Kier alpha value is 0.520. The Balaban J connectivity index is 5.80. The first-order valence-electron chi connectivity index (χ1n) is 7.79. The zero-order valence-corrected chi connectivity index (χ0v) is 19.2. The fourth-order valence-electron chi connectivity index (χ4n) is 2.30. The lowest BCUT2D eigenvalue weighted by Crippen LogP contribution is -2.41. The maximum Gasteiger partial charge on any atom is 0.342 e. The van der Waals surface area contributed by atoms with E-state index in [1.54, 1.807) is 0 Å². The van der Waals surface area contributed by atoms with Crippen LogP contribution in [0, 0.1) is 0 Å². The van der Waals surface area contributed by atoms with Crippen LogP contribution in [0.15, 0.2) is 0 Å². The van der Waals surface area contributed by atoms with Gasteiger partial charge in [0.25, 0.3) is 0 Å². The molecule has 0 amide bonds. The summed E-state index contributed by atoms with van der Waals surface area (Å²) in [5.74, 6) is 0. The van der Waals surface area contributed by atoms with Gasteiger partial charge in [-0.25, -0.2) is 0 Å². The molecule has 14 nitrogen and oxygen atoms in total. The van der Waals surface area contributed by atoms with Gasteiger partial charge in [-0.05, 0) is 0 Å². The maximum absolute atomic E-state index is 11.5. The first-order valence-corrected chi connectivity index (χ1v) is 14.5. The molecule has 0 aliphatic carbocycles. The van der Waals surface area contributed by atoms with Crippen molar-refractivity contribution in [3.8, 4) is 0 Å². The molecule has 0 unspecified atom stereocenters. The van der Waals surface area contributed by atoms with E-state index in [2.05, 4.69) is 0 Å². The summed E-state index contributed by atoms with van der Waals surface area (Å²) in [5.41, 5.74) is 0. The van der Waals surface area contributed by atoms with Crippen molar-refractivity contribution in [3.63, 3.8) is 0 Å². The molecule has 170 valence electrons. The van der Waals surface area contributed by atoms with Gasteiger partial charge in [0.2, 0.25) is 0 Å². The van der Waals surface area contributed by atoms with Crippen molar-refractivity contribution in [2.24, 2.45) is 0 Å². The van der Waals surface area contributed by atoms with E-state index < -0.39 is 54.3 Å². The van der Waals surface area contributed by atoms with Crippen LogP contribution in [0.1, 0.15) is 6.42 Å². The SMILES string of the molecule is C[N+](C)(C)CCCN(CC(P(=O)(O)O)P(=O)(O)O)CC(P(=O)(O)O)P(=O)(O)O. The van der Waals surface area contributed by atoms with Gasteiger partial charge < -0.3 is 43.6 Å². The van der Waals surface area contributed by atoms with E-state index in [-0.39, 0.29) is 13.0 Å². The summed E-state index contributed by atoms with van der Waals surface area (Å²) >= 11 is 0. The molecule has 8 N–H and O–H groups in total.